The largest absolute Gasteiger partial charge is 0.481 e. The van der Waals surface area contributed by atoms with E-state index in [0.717, 1.165) is 5.56 Å². The smallest absolute Gasteiger partial charge is 0.326 e. The zero-order valence-corrected chi connectivity index (χ0v) is 17.5. The number of nitrogens with one attached hydrogen (secondary N) is 2. The molecule has 0 aromatic heterocycles. The van der Waals surface area contributed by atoms with Crippen LogP contribution in [0.2, 0.25) is 0 Å². The fraction of sp³-hybridized carbons (Fsp3) is 0.476. The number of rotatable bonds is 11. The van der Waals surface area contributed by atoms with Crippen molar-refractivity contribution < 1.29 is 34.2 Å². The lowest BCUT2D eigenvalue weighted by Gasteiger charge is -2.26. The highest BCUT2D eigenvalue weighted by molar-refractivity contribution is 5.93. The number of aliphatic carboxylic acids is 2. The predicted molar refractivity (Wildman–Crippen MR) is 112 cm³/mol. The van der Waals surface area contributed by atoms with Crippen molar-refractivity contribution >= 4 is 29.7 Å². The second kappa shape index (κ2) is 11.8. The van der Waals surface area contributed by atoms with E-state index in [4.69, 9.17) is 10.8 Å². The average Bonchev–Trinajstić information content (AvgIpc) is 3.25. The Bertz CT molecular complexity index is 846. The van der Waals surface area contributed by atoms with Gasteiger partial charge in [-0.2, -0.15) is 0 Å². The summed E-state index contributed by atoms with van der Waals surface area (Å²) in [6, 6.07) is 5.83. The van der Waals surface area contributed by atoms with Crippen LogP contribution < -0.4 is 16.4 Å². The SMILES string of the molecule is NC(CCC(=O)O)C(=O)NCC(=O)N1CCCC1C(=O)NC(Cc1ccccc1)C(=O)O. The topological polar surface area (TPSA) is 179 Å². The van der Waals surface area contributed by atoms with Crippen LogP contribution in [0.15, 0.2) is 30.3 Å². The third-order valence-electron chi connectivity index (χ3n) is 5.19. The van der Waals surface area contributed by atoms with E-state index in [-0.39, 0.29) is 19.3 Å². The second-order valence-electron chi connectivity index (χ2n) is 7.59. The normalized spacial score (nSPS) is 17.3. The number of nitrogens with two attached hydrogens (primary N) is 1. The van der Waals surface area contributed by atoms with Gasteiger partial charge in [0, 0.05) is 19.4 Å². The van der Waals surface area contributed by atoms with E-state index in [2.05, 4.69) is 10.6 Å². The fourth-order valence-electron chi connectivity index (χ4n) is 3.46. The van der Waals surface area contributed by atoms with Gasteiger partial charge in [-0.25, -0.2) is 4.79 Å². The number of hydrogen-bond acceptors (Lipinski definition) is 6. The molecule has 2 rings (SSSR count). The van der Waals surface area contributed by atoms with Gasteiger partial charge in [-0.3, -0.25) is 19.2 Å². The molecule has 1 aromatic carbocycles. The Morgan fingerprint density at radius 3 is 2.44 bits per heavy atom. The molecule has 11 heteroatoms. The van der Waals surface area contributed by atoms with Crippen molar-refractivity contribution in [3.05, 3.63) is 35.9 Å². The fourth-order valence-corrected chi connectivity index (χ4v) is 3.46. The zero-order valence-electron chi connectivity index (χ0n) is 17.5. The van der Waals surface area contributed by atoms with Gasteiger partial charge in [-0.15, -0.1) is 0 Å². The standard InChI is InChI=1S/C21H28N4O7/c22-14(8-9-18(27)28)19(29)23-12-17(26)25-10-4-7-16(25)20(30)24-15(21(31)32)11-13-5-2-1-3-6-13/h1-3,5-6,14-16H,4,7-12,22H2,(H,23,29)(H,24,30)(H,27,28)(H,31,32). The summed E-state index contributed by atoms with van der Waals surface area (Å²) >= 11 is 0. The van der Waals surface area contributed by atoms with Crippen LogP contribution in [0.5, 0.6) is 0 Å². The summed E-state index contributed by atoms with van der Waals surface area (Å²) < 4.78 is 0. The summed E-state index contributed by atoms with van der Waals surface area (Å²) in [5, 5.41) is 23.0. The van der Waals surface area contributed by atoms with Crippen LogP contribution in [0.1, 0.15) is 31.2 Å². The van der Waals surface area contributed by atoms with Gasteiger partial charge in [-0.05, 0) is 24.8 Å². The number of carbonyl (C=O) groups excluding carboxylic acids is 3. The number of likely N-dealkylation sites (tertiary alicyclic amines) is 1. The molecule has 0 radical (unpaired) electrons. The Morgan fingerprint density at radius 2 is 1.81 bits per heavy atom. The third kappa shape index (κ3) is 7.34. The van der Waals surface area contributed by atoms with Crippen LogP contribution >= 0.6 is 0 Å². The number of carboxylic acids is 2. The Balaban J connectivity index is 1.91. The molecule has 1 aliphatic rings. The zero-order chi connectivity index (χ0) is 23.7. The number of carbonyl (C=O) groups is 5. The van der Waals surface area contributed by atoms with Gasteiger partial charge in [0.05, 0.1) is 12.6 Å². The Hall–Kier alpha value is -3.47. The first kappa shape index (κ1) is 24.8. The number of nitrogens with zero attached hydrogens (tertiary/aromatic N) is 1. The Morgan fingerprint density at radius 1 is 1.12 bits per heavy atom. The van der Waals surface area contributed by atoms with Crippen molar-refractivity contribution in [2.75, 3.05) is 13.1 Å². The van der Waals surface area contributed by atoms with Crippen molar-refractivity contribution in [1.29, 1.82) is 0 Å². The molecule has 0 aliphatic carbocycles. The molecule has 1 saturated heterocycles. The first-order chi connectivity index (χ1) is 15.2. The van der Waals surface area contributed by atoms with Crippen LogP contribution in [0.4, 0.5) is 0 Å². The molecule has 32 heavy (non-hydrogen) atoms. The summed E-state index contributed by atoms with van der Waals surface area (Å²) in [6.45, 7) is -0.0932. The maximum Gasteiger partial charge on any atom is 0.326 e. The average molecular weight is 448 g/mol. The van der Waals surface area contributed by atoms with Crippen molar-refractivity contribution in [3.63, 3.8) is 0 Å². The molecular formula is C21H28N4O7. The van der Waals surface area contributed by atoms with Crippen molar-refractivity contribution in [2.24, 2.45) is 5.73 Å². The quantitative estimate of drug-likeness (QED) is 0.289. The summed E-state index contributed by atoms with van der Waals surface area (Å²) in [6.07, 6.45) is 0.702. The van der Waals surface area contributed by atoms with Crippen molar-refractivity contribution in [1.82, 2.24) is 15.5 Å². The van der Waals surface area contributed by atoms with E-state index in [0.29, 0.717) is 19.4 Å². The number of amides is 3. The third-order valence-corrected chi connectivity index (χ3v) is 5.19. The molecule has 3 unspecified atom stereocenters. The van der Waals surface area contributed by atoms with Gasteiger partial charge in [0.25, 0.3) is 0 Å². The lowest BCUT2D eigenvalue weighted by atomic mass is 10.1. The molecule has 1 heterocycles. The van der Waals surface area contributed by atoms with Gasteiger partial charge < -0.3 is 31.5 Å². The molecule has 1 aliphatic heterocycles. The van der Waals surface area contributed by atoms with E-state index < -0.39 is 54.3 Å². The summed E-state index contributed by atoms with van der Waals surface area (Å²) in [5.41, 5.74) is 6.36. The summed E-state index contributed by atoms with van der Waals surface area (Å²) in [5.74, 6) is -3.99. The molecule has 0 spiro atoms. The van der Waals surface area contributed by atoms with Crippen LogP contribution in [0.25, 0.3) is 0 Å². The Kier molecular flexibility index (Phi) is 9.14. The lowest BCUT2D eigenvalue weighted by Crippen LogP contribution is -2.53. The van der Waals surface area contributed by atoms with Gasteiger partial charge in [0.15, 0.2) is 0 Å². The van der Waals surface area contributed by atoms with E-state index in [1.165, 1.54) is 4.90 Å². The van der Waals surface area contributed by atoms with Crippen molar-refractivity contribution in [3.8, 4) is 0 Å². The molecule has 0 bridgehead atoms. The monoisotopic (exact) mass is 448 g/mol. The van der Waals surface area contributed by atoms with Gasteiger partial charge in [-0.1, -0.05) is 30.3 Å². The maximum absolute atomic E-state index is 12.7. The summed E-state index contributed by atoms with van der Waals surface area (Å²) in [4.78, 5) is 60.7. The maximum atomic E-state index is 12.7. The number of benzene rings is 1. The molecular weight excluding hydrogens is 420 g/mol. The van der Waals surface area contributed by atoms with Crippen LogP contribution in [-0.4, -0.2) is 76.0 Å². The van der Waals surface area contributed by atoms with Crippen molar-refractivity contribution in [2.45, 2.75) is 50.2 Å². The molecule has 6 N–H and O–H groups in total. The highest BCUT2D eigenvalue weighted by Gasteiger charge is 2.36. The van der Waals surface area contributed by atoms with E-state index in [1.54, 1.807) is 30.3 Å². The summed E-state index contributed by atoms with van der Waals surface area (Å²) in [7, 11) is 0. The van der Waals surface area contributed by atoms with Crippen LogP contribution in [0.3, 0.4) is 0 Å². The van der Waals surface area contributed by atoms with Crippen LogP contribution in [0, 0.1) is 0 Å². The minimum atomic E-state index is -1.18. The van der Waals surface area contributed by atoms with Crippen LogP contribution in [-0.2, 0) is 30.4 Å². The molecule has 3 amide bonds. The lowest BCUT2D eigenvalue weighted by molar-refractivity contribution is -0.144. The van der Waals surface area contributed by atoms with Gasteiger partial charge in [0.1, 0.15) is 12.1 Å². The second-order valence-corrected chi connectivity index (χ2v) is 7.59. The minimum Gasteiger partial charge on any atom is -0.481 e. The predicted octanol–water partition coefficient (Wildman–Crippen LogP) is -0.902. The highest BCUT2D eigenvalue weighted by Crippen LogP contribution is 2.18. The van der Waals surface area contributed by atoms with Gasteiger partial charge >= 0.3 is 11.9 Å². The molecule has 0 saturated carbocycles. The Labute approximate surface area is 184 Å². The highest BCUT2D eigenvalue weighted by atomic mass is 16.4. The molecule has 1 aromatic rings. The molecule has 1 fully saturated rings. The van der Waals surface area contributed by atoms with E-state index in [9.17, 15) is 29.1 Å². The van der Waals surface area contributed by atoms with Gasteiger partial charge in [0.2, 0.25) is 17.7 Å². The number of carboxylic acid groups (broad SMARTS) is 2. The minimum absolute atomic E-state index is 0.0674. The molecule has 174 valence electrons. The number of hydrogen-bond donors (Lipinski definition) is 5. The first-order valence-corrected chi connectivity index (χ1v) is 10.3. The first-order valence-electron chi connectivity index (χ1n) is 10.3. The van der Waals surface area contributed by atoms with E-state index in [1.807, 2.05) is 0 Å². The molecule has 3 atom stereocenters. The molecule has 11 nitrogen and oxygen atoms in total. The van der Waals surface area contributed by atoms with E-state index >= 15 is 0 Å².